The molecular weight excluding hydrogens is 418 g/mol. The first-order chi connectivity index (χ1) is 16.2. The van der Waals surface area contributed by atoms with Crippen LogP contribution in [-0.4, -0.2) is 28.5 Å². The summed E-state index contributed by atoms with van der Waals surface area (Å²) in [5.74, 6) is 1.07. The van der Waals surface area contributed by atoms with Gasteiger partial charge in [0.05, 0.1) is 0 Å². The zero-order valence-electron chi connectivity index (χ0n) is 18.1. The summed E-state index contributed by atoms with van der Waals surface area (Å²) in [7, 11) is 0. The highest BCUT2D eigenvalue weighted by molar-refractivity contribution is 5.82. The van der Waals surface area contributed by atoms with Crippen molar-refractivity contribution in [2.24, 2.45) is 0 Å². The van der Waals surface area contributed by atoms with Crippen LogP contribution >= 0.6 is 0 Å². The molecule has 4 aromatic rings. The molecule has 2 aromatic carbocycles. The van der Waals surface area contributed by atoms with Crippen molar-refractivity contribution in [1.29, 1.82) is 0 Å². The molecule has 0 radical (unpaired) electrons. The second-order valence-corrected chi connectivity index (χ2v) is 8.01. The summed E-state index contributed by atoms with van der Waals surface area (Å²) < 4.78 is 11.6. The molecule has 1 atom stereocenters. The minimum absolute atomic E-state index is 0.0686. The number of rotatable bonds is 8. The maximum absolute atomic E-state index is 12.9. The van der Waals surface area contributed by atoms with Gasteiger partial charge in [-0.2, -0.15) is 0 Å². The van der Waals surface area contributed by atoms with Crippen LogP contribution in [0.4, 0.5) is 0 Å². The van der Waals surface area contributed by atoms with Gasteiger partial charge in [-0.25, -0.2) is 0 Å². The van der Waals surface area contributed by atoms with Gasteiger partial charge in [-0.15, -0.1) is 5.06 Å². The van der Waals surface area contributed by atoms with E-state index in [9.17, 15) is 4.79 Å². The standard InChI is InChI=1S/C26H25N3O4/c30-26(23-10-5-13-29(23)33-25-15-21-17-27-12-11-24(21)32-25)28-16-20-8-4-9-22(14-20)31-18-19-6-2-1-3-7-19/h1-4,6-9,11-12,14-15,17,23H,5,10,13,16,18H2,(H,28,30)/t23-/m0/s1. The second-order valence-electron chi connectivity index (χ2n) is 8.01. The van der Waals surface area contributed by atoms with E-state index < -0.39 is 0 Å². The molecule has 33 heavy (non-hydrogen) atoms. The molecule has 1 aliphatic rings. The Bertz CT molecular complexity index is 1190. The molecule has 0 unspecified atom stereocenters. The fraction of sp³-hybridized carbons (Fsp3) is 0.231. The average Bonchev–Trinajstić information content (AvgIpc) is 3.49. The third-order valence-corrected chi connectivity index (χ3v) is 5.62. The number of hydrogen-bond acceptors (Lipinski definition) is 6. The molecule has 7 nitrogen and oxygen atoms in total. The predicted molar refractivity (Wildman–Crippen MR) is 123 cm³/mol. The van der Waals surface area contributed by atoms with Gasteiger partial charge in [0.2, 0.25) is 5.91 Å². The van der Waals surface area contributed by atoms with Crippen molar-refractivity contribution in [2.75, 3.05) is 6.54 Å². The summed E-state index contributed by atoms with van der Waals surface area (Å²) in [6.45, 7) is 1.58. The smallest absolute Gasteiger partial charge is 0.306 e. The topological polar surface area (TPSA) is 76.8 Å². The van der Waals surface area contributed by atoms with Crippen molar-refractivity contribution in [3.63, 3.8) is 0 Å². The van der Waals surface area contributed by atoms with Crippen molar-refractivity contribution in [1.82, 2.24) is 15.4 Å². The summed E-state index contributed by atoms with van der Waals surface area (Å²) in [6, 6.07) is 21.0. The summed E-state index contributed by atoms with van der Waals surface area (Å²) in [6.07, 6.45) is 5.00. The molecule has 1 amide bonds. The highest BCUT2D eigenvalue weighted by atomic mass is 16.7. The number of nitrogens with zero attached hydrogens (tertiary/aromatic N) is 2. The quantitative estimate of drug-likeness (QED) is 0.433. The van der Waals surface area contributed by atoms with Crippen molar-refractivity contribution in [3.05, 3.63) is 90.3 Å². The molecule has 0 bridgehead atoms. The molecule has 0 saturated carbocycles. The van der Waals surface area contributed by atoms with Crippen LogP contribution < -0.4 is 14.9 Å². The second kappa shape index (κ2) is 9.75. The maximum atomic E-state index is 12.9. The Morgan fingerprint density at radius 2 is 1.97 bits per heavy atom. The first kappa shape index (κ1) is 21.0. The summed E-state index contributed by atoms with van der Waals surface area (Å²) >= 11 is 0. The van der Waals surface area contributed by atoms with Crippen molar-refractivity contribution in [3.8, 4) is 11.7 Å². The van der Waals surface area contributed by atoms with E-state index in [2.05, 4.69) is 10.3 Å². The minimum atomic E-state index is -0.367. The van der Waals surface area contributed by atoms with Crippen LogP contribution in [0.1, 0.15) is 24.0 Å². The van der Waals surface area contributed by atoms with Gasteiger partial charge in [0.15, 0.2) is 0 Å². The van der Waals surface area contributed by atoms with E-state index in [1.807, 2.05) is 54.6 Å². The number of amides is 1. The molecule has 1 saturated heterocycles. The molecule has 7 heteroatoms. The van der Waals surface area contributed by atoms with Gasteiger partial charge in [-0.1, -0.05) is 42.5 Å². The number of carbonyl (C=O) groups excluding carboxylic acids is 1. The third-order valence-electron chi connectivity index (χ3n) is 5.62. The lowest BCUT2D eigenvalue weighted by atomic mass is 10.2. The normalized spacial score (nSPS) is 16.1. The largest absolute Gasteiger partial charge is 0.489 e. The van der Waals surface area contributed by atoms with E-state index in [0.717, 1.165) is 35.1 Å². The molecule has 3 heterocycles. The Morgan fingerprint density at radius 1 is 1.09 bits per heavy atom. The number of nitrogens with one attached hydrogen (secondary N) is 1. The number of hydrogen-bond donors (Lipinski definition) is 1. The van der Waals surface area contributed by atoms with Gasteiger partial charge in [-0.05, 0) is 42.2 Å². The Kier molecular flexibility index (Phi) is 6.21. The van der Waals surface area contributed by atoms with Crippen LogP contribution in [0.2, 0.25) is 0 Å². The monoisotopic (exact) mass is 443 g/mol. The lowest BCUT2D eigenvalue weighted by Gasteiger charge is -2.22. The van der Waals surface area contributed by atoms with Crippen molar-refractivity contribution < 1.29 is 18.8 Å². The van der Waals surface area contributed by atoms with E-state index in [1.54, 1.807) is 29.6 Å². The van der Waals surface area contributed by atoms with E-state index in [4.69, 9.17) is 14.0 Å². The summed E-state index contributed by atoms with van der Waals surface area (Å²) in [5, 5.41) is 5.58. The number of ether oxygens (including phenoxy) is 1. The lowest BCUT2D eigenvalue weighted by molar-refractivity contribution is -0.141. The van der Waals surface area contributed by atoms with Gasteiger partial charge < -0.3 is 19.3 Å². The molecular formula is C26H25N3O4. The van der Waals surface area contributed by atoms with E-state index in [0.29, 0.717) is 31.2 Å². The van der Waals surface area contributed by atoms with Gasteiger partial charge in [0.1, 0.15) is 24.0 Å². The van der Waals surface area contributed by atoms with Crippen LogP contribution in [0.25, 0.3) is 11.0 Å². The van der Waals surface area contributed by atoms with Crippen LogP contribution in [0.3, 0.4) is 0 Å². The average molecular weight is 444 g/mol. The molecule has 0 aliphatic carbocycles. The number of carbonyl (C=O) groups is 1. The van der Waals surface area contributed by atoms with Crippen molar-refractivity contribution in [2.45, 2.75) is 32.0 Å². The molecule has 2 aromatic heterocycles. The van der Waals surface area contributed by atoms with Gasteiger partial charge >= 0.3 is 5.95 Å². The van der Waals surface area contributed by atoms with E-state index in [-0.39, 0.29) is 11.9 Å². The van der Waals surface area contributed by atoms with Crippen LogP contribution in [-0.2, 0) is 17.9 Å². The molecule has 1 fully saturated rings. The Morgan fingerprint density at radius 3 is 2.85 bits per heavy atom. The van der Waals surface area contributed by atoms with Gasteiger partial charge in [0.25, 0.3) is 0 Å². The predicted octanol–water partition coefficient (Wildman–Crippen LogP) is 4.48. The number of fused-ring (bicyclic) bond motifs is 1. The zero-order chi connectivity index (χ0) is 22.5. The maximum Gasteiger partial charge on any atom is 0.306 e. The minimum Gasteiger partial charge on any atom is -0.489 e. The summed E-state index contributed by atoms with van der Waals surface area (Å²) in [5.41, 5.74) is 2.79. The SMILES string of the molecule is O=C(NCc1cccc(OCc2ccccc2)c1)[C@@H]1CCCN1Oc1cc2cnccc2o1. The molecule has 5 rings (SSSR count). The fourth-order valence-corrected chi connectivity index (χ4v) is 3.93. The third kappa shape index (κ3) is 5.15. The highest BCUT2D eigenvalue weighted by Crippen LogP contribution is 2.27. The van der Waals surface area contributed by atoms with E-state index in [1.165, 1.54) is 0 Å². The molecule has 0 spiro atoms. The fourth-order valence-electron chi connectivity index (χ4n) is 3.93. The van der Waals surface area contributed by atoms with Gasteiger partial charge in [-0.3, -0.25) is 9.78 Å². The number of benzene rings is 2. The molecule has 168 valence electrons. The Labute approximate surface area is 191 Å². The van der Waals surface area contributed by atoms with Crippen LogP contribution in [0.5, 0.6) is 11.7 Å². The molecule has 1 N–H and O–H groups in total. The highest BCUT2D eigenvalue weighted by Gasteiger charge is 2.33. The first-order valence-corrected chi connectivity index (χ1v) is 11.1. The van der Waals surface area contributed by atoms with E-state index >= 15 is 0 Å². The molecule has 1 aliphatic heterocycles. The van der Waals surface area contributed by atoms with Crippen LogP contribution in [0.15, 0.2) is 83.5 Å². The number of pyridine rings is 1. The number of hydroxylamine groups is 2. The summed E-state index contributed by atoms with van der Waals surface area (Å²) in [4.78, 5) is 22.9. The Balaban J connectivity index is 1.16. The zero-order valence-corrected chi connectivity index (χ0v) is 18.1. The number of furan rings is 1. The first-order valence-electron chi connectivity index (χ1n) is 11.1. The van der Waals surface area contributed by atoms with Crippen molar-refractivity contribution >= 4 is 16.9 Å². The Hall–Kier alpha value is -3.84. The number of aromatic nitrogens is 1. The lowest BCUT2D eigenvalue weighted by Crippen LogP contribution is -2.44. The van der Waals surface area contributed by atoms with Crippen LogP contribution in [0, 0.1) is 0 Å². The van der Waals surface area contributed by atoms with Gasteiger partial charge in [0, 0.05) is 36.9 Å².